The van der Waals surface area contributed by atoms with E-state index in [1.54, 1.807) is 0 Å². The van der Waals surface area contributed by atoms with Gasteiger partial charge < -0.3 is 15.0 Å². The Kier molecular flexibility index (Phi) is 7.40. The smallest absolute Gasteiger partial charge is 0.221 e. The van der Waals surface area contributed by atoms with Crippen LogP contribution < -0.4 is 5.32 Å². The Balaban J connectivity index is 1.38. The van der Waals surface area contributed by atoms with Gasteiger partial charge >= 0.3 is 0 Å². The average molecular weight is 337 g/mol. The number of rotatable bonds is 6. The summed E-state index contributed by atoms with van der Waals surface area (Å²) in [5.74, 6) is 1.12. The molecule has 4 nitrogen and oxygen atoms in total. The molecular formula is C20H36N2O2. The van der Waals surface area contributed by atoms with E-state index < -0.39 is 0 Å². The highest BCUT2D eigenvalue weighted by molar-refractivity contribution is 5.76. The summed E-state index contributed by atoms with van der Waals surface area (Å²) >= 11 is 0. The minimum absolute atomic E-state index is 0.246. The van der Waals surface area contributed by atoms with E-state index >= 15 is 0 Å². The molecule has 3 rings (SSSR count). The molecule has 1 unspecified atom stereocenters. The summed E-state index contributed by atoms with van der Waals surface area (Å²) < 4.78 is 6.11. The zero-order chi connectivity index (χ0) is 16.6. The number of nitrogens with zero attached hydrogens (tertiary/aromatic N) is 1. The third-order valence-electron chi connectivity index (χ3n) is 6.13. The van der Waals surface area contributed by atoms with Crippen LogP contribution in [0.2, 0.25) is 0 Å². The molecule has 3 fully saturated rings. The molecular weight excluding hydrogens is 300 g/mol. The zero-order valence-corrected chi connectivity index (χ0v) is 15.3. The summed E-state index contributed by atoms with van der Waals surface area (Å²) in [6.45, 7) is 3.89. The van der Waals surface area contributed by atoms with E-state index in [-0.39, 0.29) is 5.91 Å². The molecule has 1 N–H and O–H groups in total. The standard InChI is InChI=1S/C20H36N2O2/c23-20(21-18-9-4-5-10-18)11-13-22-12-6-14-24-19(16-22)15-17-7-2-1-3-8-17/h17-19H,1-16H2,(H,21,23). The van der Waals surface area contributed by atoms with Gasteiger partial charge in [-0.25, -0.2) is 0 Å². The van der Waals surface area contributed by atoms with Crippen molar-refractivity contribution in [1.82, 2.24) is 10.2 Å². The Bertz CT molecular complexity index is 376. The number of hydrogen-bond donors (Lipinski definition) is 1. The third-order valence-corrected chi connectivity index (χ3v) is 6.13. The lowest BCUT2D eigenvalue weighted by molar-refractivity contribution is -0.122. The number of carbonyl (C=O) groups excluding carboxylic acids is 1. The quantitative estimate of drug-likeness (QED) is 0.807. The van der Waals surface area contributed by atoms with Crippen LogP contribution in [0.4, 0.5) is 0 Å². The van der Waals surface area contributed by atoms with Gasteiger partial charge in [0.1, 0.15) is 0 Å². The molecule has 24 heavy (non-hydrogen) atoms. The summed E-state index contributed by atoms with van der Waals surface area (Å²) in [6.07, 6.45) is 15.3. The van der Waals surface area contributed by atoms with Gasteiger partial charge in [0.15, 0.2) is 0 Å². The second-order valence-electron chi connectivity index (χ2n) is 8.19. The van der Waals surface area contributed by atoms with Gasteiger partial charge in [-0.3, -0.25) is 4.79 Å². The summed E-state index contributed by atoms with van der Waals surface area (Å²) in [4.78, 5) is 14.6. The second-order valence-corrected chi connectivity index (χ2v) is 8.19. The molecule has 1 heterocycles. The van der Waals surface area contributed by atoms with Gasteiger partial charge in [0.05, 0.1) is 6.10 Å². The Morgan fingerprint density at radius 3 is 2.54 bits per heavy atom. The first-order valence-electron chi connectivity index (χ1n) is 10.4. The van der Waals surface area contributed by atoms with E-state index in [0.29, 0.717) is 18.6 Å². The summed E-state index contributed by atoms with van der Waals surface area (Å²) in [5.41, 5.74) is 0. The fourth-order valence-electron chi connectivity index (χ4n) is 4.74. The largest absolute Gasteiger partial charge is 0.377 e. The molecule has 0 radical (unpaired) electrons. The van der Waals surface area contributed by atoms with Gasteiger partial charge in [0.2, 0.25) is 5.91 Å². The van der Waals surface area contributed by atoms with Crippen molar-refractivity contribution >= 4 is 5.91 Å². The molecule has 1 atom stereocenters. The maximum atomic E-state index is 12.2. The van der Waals surface area contributed by atoms with Gasteiger partial charge in [-0.2, -0.15) is 0 Å². The maximum absolute atomic E-state index is 12.2. The molecule has 2 aliphatic carbocycles. The first kappa shape index (κ1) is 18.2. The van der Waals surface area contributed by atoms with Crippen molar-refractivity contribution in [3.05, 3.63) is 0 Å². The van der Waals surface area contributed by atoms with Crippen LogP contribution in [-0.2, 0) is 9.53 Å². The molecule has 0 bridgehead atoms. The zero-order valence-electron chi connectivity index (χ0n) is 15.3. The normalized spacial score (nSPS) is 27.9. The van der Waals surface area contributed by atoms with Crippen molar-refractivity contribution in [2.45, 2.75) is 89.2 Å². The van der Waals surface area contributed by atoms with Crippen molar-refractivity contribution in [1.29, 1.82) is 0 Å². The summed E-state index contributed by atoms with van der Waals surface area (Å²) in [6, 6.07) is 0.448. The van der Waals surface area contributed by atoms with Crippen molar-refractivity contribution in [3.63, 3.8) is 0 Å². The van der Waals surface area contributed by atoms with Crippen LogP contribution in [0.25, 0.3) is 0 Å². The van der Waals surface area contributed by atoms with Crippen molar-refractivity contribution in [2.75, 3.05) is 26.2 Å². The van der Waals surface area contributed by atoms with Crippen LogP contribution in [0.1, 0.15) is 77.0 Å². The van der Waals surface area contributed by atoms with Gasteiger partial charge in [0, 0.05) is 38.7 Å². The second kappa shape index (κ2) is 9.76. The van der Waals surface area contributed by atoms with E-state index in [1.165, 1.54) is 64.2 Å². The third kappa shape index (κ3) is 6.03. The van der Waals surface area contributed by atoms with Crippen molar-refractivity contribution in [2.24, 2.45) is 5.92 Å². The van der Waals surface area contributed by atoms with Gasteiger partial charge in [-0.05, 0) is 31.6 Å². The average Bonchev–Trinajstić information content (AvgIpc) is 2.99. The number of hydrogen-bond acceptors (Lipinski definition) is 3. The lowest BCUT2D eigenvalue weighted by Gasteiger charge is -2.28. The van der Waals surface area contributed by atoms with E-state index in [2.05, 4.69) is 10.2 Å². The molecule has 138 valence electrons. The molecule has 1 saturated heterocycles. The van der Waals surface area contributed by atoms with Crippen LogP contribution in [0.15, 0.2) is 0 Å². The Hall–Kier alpha value is -0.610. The highest BCUT2D eigenvalue weighted by atomic mass is 16.5. The van der Waals surface area contributed by atoms with Gasteiger partial charge in [0.25, 0.3) is 0 Å². The molecule has 3 aliphatic rings. The predicted molar refractivity (Wildman–Crippen MR) is 97.0 cm³/mol. The predicted octanol–water partition coefficient (Wildman–Crippen LogP) is 3.50. The minimum atomic E-state index is 0.246. The molecule has 1 aliphatic heterocycles. The lowest BCUT2D eigenvalue weighted by Crippen LogP contribution is -2.38. The van der Waals surface area contributed by atoms with E-state index in [1.807, 2.05) is 0 Å². The van der Waals surface area contributed by atoms with Crippen LogP contribution in [0.5, 0.6) is 0 Å². The molecule has 0 aromatic carbocycles. The number of ether oxygens (including phenoxy) is 1. The van der Waals surface area contributed by atoms with Crippen LogP contribution in [0, 0.1) is 5.92 Å². The number of nitrogens with one attached hydrogen (secondary N) is 1. The number of carbonyl (C=O) groups is 1. The van der Waals surface area contributed by atoms with Crippen LogP contribution >= 0.6 is 0 Å². The van der Waals surface area contributed by atoms with Crippen LogP contribution in [0.3, 0.4) is 0 Å². The molecule has 0 aromatic rings. The first-order chi connectivity index (χ1) is 11.8. The minimum Gasteiger partial charge on any atom is -0.377 e. The van der Waals surface area contributed by atoms with Crippen molar-refractivity contribution in [3.8, 4) is 0 Å². The fourth-order valence-corrected chi connectivity index (χ4v) is 4.74. The van der Waals surface area contributed by atoms with Crippen LogP contribution in [-0.4, -0.2) is 49.2 Å². The van der Waals surface area contributed by atoms with Gasteiger partial charge in [-0.15, -0.1) is 0 Å². The van der Waals surface area contributed by atoms with Crippen molar-refractivity contribution < 1.29 is 9.53 Å². The highest BCUT2D eigenvalue weighted by Crippen LogP contribution is 2.28. The molecule has 0 spiro atoms. The Morgan fingerprint density at radius 1 is 1.00 bits per heavy atom. The SMILES string of the molecule is O=C(CCN1CCCOC(CC2CCCCC2)C1)NC1CCCC1. The summed E-state index contributed by atoms with van der Waals surface area (Å²) in [5, 5.41) is 3.21. The molecule has 4 heteroatoms. The van der Waals surface area contributed by atoms with E-state index in [4.69, 9.17) is 4.74 Å². The molecule has 0 aromatic heterocycles. The fraction of sp³-hybridized carbons (Fsp3) is 0.950. The molecule has 2 saturated carbocycles. The maximum Gasteiger partial charge on any atom is 0.221 e. The lowest BCUT2D eigenvalue weighted by atomic mass is 9.85. The highest BCUT2D eigenvalue weighted by Gasteiger charge is 2.24. The van der Waals surface area contributed by atoms with E-state index in [0.717, 1.165) is 38.6 Å². The monoisotopic (exact) mass is 336 g/mol. The number of amides is 1. The topological polar surface area (TPSA) is 41.6 Å². The first-order valence-corrected chi connectivity index (χ1v) is 10.4. The summed E-state index contributed by atoms with van der Waals surface area (Å²) in [7, 11) is 0. The Morgan fingerprint density at radius 2 is 1.75 bits per heavy atom. The molecule has 1 amide bonds. The van der Waals surface area contributed by atoms with Gasteiger partial charge in [-0.1, -0.05) is 44.9 Å². The Labute approximate surface area is 147 Å². The van der Waals surface area contributed by atoms with E-state index in [9.17, 15) is 4.79 Å².